The van der Waals surface area contributed by atoms with Gasteiger partial charge in [-0.15, -0.1) is 0 Å². The van der Waals surface area contributed by atoms with Gasteiger partial charge in [0.15, 0.2) is 0 Å². The van der Waals surface area contributed by atoms with Crippen LogP contribution in [-0.4, -0.2) is 32.1 Å². The molecule has 3 atom stereocenters. The Morgan fingerprint density at radius 1 is 1.13 bits per heavy atom. The van der Waals surface area contributed by atoms with Gasteiger partial charge in [-0.3, -0.25) is 0 Å². The van der Waals surface area contributed by atoms with Crippen molar-refractivity contribution in [3.63, 3.8) is 0 Å². The highest BCUT2D eigenvalue weighted by molar-refractivity contribution is 5.66. The van der Waals surface area contributed by atoms with Crippen LogP contribution in [0.15, 0.2) is 47.2 Å². The number of rotatable bonds is 3. The van der Waals surface area contributed by atoms with Crippen molar-refractivity contribution in [2.24, 2.45) is 0 Å². The van der Waals surface area contributed by atoms with Crippen LogP contribution < -0.4 is 0 Å². The summed E-state index contributed by atoms with van der Waals surface area (Å²) in [5.74, 6) is 1.54. The normalized spacial score (nSPS) is 26.0. The smallest absolute Gasteiger partial charge is 0.232 e. The van der Waals surface area contributed by atoms with E-state index in [-0.39, 0.29) is 12.0 Å². The molecule has 116 valence electrons. The molecule has 2 bridgehead atoms. The zero-order chi connectivity index (χ0) is 15.2. The van der Waals surface area contributed by atoms with Crippen molar-refractivity contribution in [2.75, 3.05) is 0 Å². The third-order valence-corrected chi connectivity index (χ3v) is 4.76. The molecule has 0 radical (unpaired) electrons. The lowest BCUT2D eigenvalue weighted by Gasteiger charge is -2.13. The molecule has 2 aliphatic heterocycles. The van der Waals surface area contributed by atoms with Crippen molar-refractivity contribution in [3.8, 4) is 17.1 Å². The van der Waals surface area contributed by atoms with Gasteiger partial charge in [-0.25, -0.2) is 4.68 Å². The Bertz CT molecular complexity index is 827. The van der Waals surface area contributed by atoms with E-state index < -0.39 is 0 Å². The van der Waals surface area contributed by atoms with E-state index in [1.807, 2.05) is 41.2 Å². The molecule has 2 fully saturated rings. The second kappa shape index (κ2) is 5.03. The van der Waals surface area contributed by atoms with E-state index in [0.29, 0.717) is 17.8 Å². The summed E-state index contributed by atoms with van der Waals surface area (Å²) in [5, 5.41) is 8.50. The molecule has 0 amide bonds. The van der Waals surface area contributed by atoms with Crippen molar-refractivity contribution >= 4 is 0 Å². The summed E-state index contributed by atoms with van der Waals surface area (Å²) in [7, 11) is 0. The molecule has 2 saturated heterocycles. The number of hydrogen-bond acceptors (Lipinski definition) is 5. The Morgan fingerprint density at radius 3 is 2.87 bits per heavy atom. The molecule has 0 saturated carbocycles. The molecule has 4 heterocycles. The van der Waals surface area contributed by atoms with E-state index in [9.17, 15) is 0 Å². The number of fused-ring (bicyclic) bond motifs is 2. The molecule has 0 spiro atoms. The Hall–Kier alpha value is -2.47. The summed E-state index contributed by atoms with van der Waals surface area (Å²) < 4.78 is 13.3. The standard InChI is InChI=1S/C17H16N4O2/c1-2-5-14(21-9-3-8-18-21)12(4-1)16-19-17(23-20-16)13-10-11-6-7-15(13)22-11/h1-5,8-9,11,13,15H,6-7,10H2. The summed E-state index contributed by atoms with van der Waals surface area (Å²) in [6, 6.07) is 9.83. The molecule has 6 heteroatoms. The summed E-state index contributed by atoms with van der Waals surface area (Å²) in [6.45, 7) is 0. The van der Waals surface area contributed by atoms with Crippen molar-refractivity contribution in [3.05, 3.63) is 48.6 Å². The fraction of sp³-hybridized carbons (Fsp3) is 0.353. The Labute approximate surface area is 133 Å². The summed E-state index contributed by atoms with van der Waals surface area (Å²) >= 11 is 0. The predicted octanol–water partition coefficient (Wildman–Crippen LogP) is 2.96. The zero-order valence-corrected chi connectivity index (χ0v) is 12.5. The maximum atomic E-state index is 5.89. The summed E-state index contributed by atoms with van der Waals surface area (Å²) in [5.41, 5.74) is 1.85. The van der Waals surface area contributed by atoms with Crippen LogP contribution in [0.25, 0.3) is 17.1 Å². The molecule has 2 aromatic heterocycles. The first-order chi connectivity index (χ1) is 11.4. The number of benzene rings is 1. The quantitative estimate of drug-likeness (QED) is 0.744. The van der Waals surface area contributed by atoms with E-state index in [1.54, 1.807) is 6.20 Å². The molecule has 1 aromatic carbocycles. The Morgan fingerprint density at radius 2 is 2.09 bits per heavy atom. The minimum atomic E-state index is 0.242. The first-order valence-electron chi connectivity index (χ1n) is 7.97. The molecule has 23 heavy (non-hydrogen) atoms. The van der Waals surface area contributed by atoms with Crippen molar-refractivity contribution in [1.82, 2.24) is 19.9 Å². The molecule has 0 aliphatic carbocycles. The molecule has 6 nitrogen and oxygen atoms in total. The van der Waals surface area contributed by atoms with Gasteiger partial charge in [0.05, 0.1) is 23.8 Å². The molecular weight excluding hydrogens is 292 g/mol. The number of hydrogen-bond donors (Lipinski definition) is 0. The van der Waals surface area contributed by atoms with Gasteiger partial charge in [0.25, 0.3) is 0 Å². The fourth-order valence-electron chi connectivity index (χ4n) is 3.67. The van der Waals surface area contributed by atoms with Gasteiger partial charge in [-0.05, 0) is 37.5 Å². The van der Waals surface area contributed by atoms with E-state index in [4.69, 9.17) is 9.26 Å². The zero-order valence-electron chi connectivity index (χ0n) is 12.5. The van der Waals surface area contributed by atoms with Crippen LogP contribution in [0.1, 0.15) is 31.1 Å². The van der Waals surface area contributed by atoms with Crippen molar-refractivity contribution < 1.29 is 9.26 Å². The van der Waals surface area contributed by atoms with Crippen LogP contribution in [0.3, 0.4) is 0 Å². The van der Waals surface area contributed by atoms with E-state index in [2.05, 4.69) is 15.2 Å². The van der Waals surface area contributed by atoms with E-state index in [1.165, 1.54) is 0 Å². The average Bonchev–Trinajstić information content (AvgIpc) is 3.39. The van der Waals surface area contributed by atoms with E-state index in [0.717, 1.165) is 30.5 Å². The highest BCUT2D eigenvalue weighted by Crippen LogP contribution is 2.44. The number of ether oxygens (including phenoxy) is 1. The third-order valence-electron chi connectivity index (χ3n) is 4.76. The number of nitrogens with zero attached hydrogens (tertiary/aromatic N) is 4. The van der Waals surface area contributed by atoms with E-state index >= 15 is 0 Å². The van der Waals surface area contributed by atoms with Crippen LogP contribution in [0.4, 0.5) is 0 Å². The first kappa shape index (κ1) is 13.0. The van der Waals surface area contributed by atoms with Gasteiger partial charge >= 0.3 is 0 Å². The van der Waals surface area contributed by atoms with Gasteiger partial charge in [-0.2, -0.15) is 10.1 Å². The SMILES string of the molecule is c1ccc(-n2cccn2)c(-c2noc(C3CC4CCC3O4)n2)c1. The van der Waals surface area contributed by atoms with Crippen LogP contribution in [0.2, 0.25) is 0 Å². The number of para-hydroxylation sites is 1. The second-order valence-electron chi connectivity index (χ2n) is 6.14. The van der Waals surface area contributed by atoms with Crippen molar-refractivity contribution in [2.45, 2.75) is 37.4 Å². The lowest BCUT2D eigenvalue weighted by atomic mass is 9.89. The molecule has 5 rings (SSSR count). The van der Waals surface area contributed by atoms with Gasteiger partial charge in [0, 0.05) is 18.0 Å². The molecule has 2 aliphatic rings. The number of aromatic nitrogens is 4. The van der Waals surface area contributed by atoms with Crippen LogP contribution in [-0.2, 0) is 4.74 Å². The minimum Gasteiger partial charge on any atom is -0.374 e. The molecule has 3 aromatic rings. The highest BCUT2D eigenvalue weighted by atomic mass is 16.5. The minimum absolute atomic E-state index is 0.242. The summed E-state index contributed by atoms with van der Waals surface area (Å²) in [6.07, 6.45) is 7.52. The fourth-order valence-corrected chi connectivity index (χ4v) is 3.67. The molecule has 0 N–H and O–H groups in total. The Balaban J connectivity index is 1.52. The maximum Gasteiger partial charge on any atom is 0.232 e. The topological polar surface area (TPSA) is 66.0 Å². The first-order valence-corrected chi connectivity index (χ1v) is 7.97. The van der Waals surface area contributed by atoms with Crippen LogP contribution in [0.5, 0.6) is 0 Å². The monoisotopic (exact) mass is 308 g/mol. The Kier molecular flexibility index (Phi) is 2.84. The maximum absolute atomic E-state index is 5.89. The van der Waals surface area contributed by atoms with Gasteiger partial charge in [0.2, 0.25) is 11.7 Å². The third kappa shape index (κ3) is 2.09. The van der Waals surface area contributed by atoms with Crippen molar-refractivity contribution in [1.29, 1.82) is 0 Å². The van der Waals surface area contributed by atoms with Crippen LogP contribution >= 0.6 is 0 Å². The van der Waals surface area contributed by atoms with Gasteiger partial charge < -0.3 is 9.26 Å². The lowest BCUT2D eigenvalue weighted by molar-refractivity contribution is 0.0974. The second-order valence-corrected chi connectivity index (χ2v) is 6.14. The molecule has 3 unspecified atom stereocenters. The van der Waals surface area contributed by atoms with Gasteiger partial charge in [-0.1, -0.05) is 17.3 Å². The summed E-state index contributed by atoms with van der Waals surface area (Å²) in [4.78, 5) is 4.65. The molecular formula is C17H16N4O2. The lowest BCUT2D eigenvalue weighted by Crippen LogP contribution is -2.14. The highest BCUT2D eigenvalue weighted by Gasteiger charge is 2.44. The van der Waals surface area contributed by atoms with Crippen LogP contribution in [0, 0.1) is 0 Å². The average molecular weight is 308 g/mol. The largest absolute Gasteiger partial charge is 0.374 e. The predicted molar refractivity (Wildman–Crippen MR) is 82.1 cm³/mol. The van der Waals surface area contributed by atoms with Gasteiger partial charge in [0.1, 0.15) is 0 Å².